The molecule has 0 saturated carbocycles. The number of carbonyl (C=O) groups excluding carboxylic acids is 2. The highest BCUT2D eigenvalue weighted by molar-refractivity contribution is 7.91. The van der Waals surface area contributed by atoms with Crippen LogP contribution in [-0.4, -0.2) is 37.6 Å². The molecule has 1 aliphatic heterocycles. The predicted octanol–water partition coefficient (Wildman–Crippen LogP) is 2.75. The molecule has 1 aromatic carbocycles. The molecule has 9 heteroatoms. The number of hydrogen-bond donors (Lipinski definition) is 2. The van der Waals surface area contributed by atoms with Crippen molar-refractivity contribution >= 4 is 44.5 Å². The molecule has 0 unspecified atom stereocenters. The Hall–Kier alpha value is -2.23. The first-order valence-corrected chi connectivity index (χ1v) is 10.9. The molecule has 0 bridgehead atoms. The molecule has 2 N–H and O–H groups in total. The molecule has 144 valence electrons. The maximum Gasteiger partial charge on any atom is 0.252 e. The van der Waals surface area contributed by atoms with E-state index in [0.717, 1.165) is 0 Å². The monoisotopic (exact) mass is 407 g/mol. The number of benzene rings is 1. The lowest BCUT2D eigenvalue weighted by atomic mass is 9.97. The van der Waals surface area contributed by atoms with E-state index in [-0.39, 0.29) is 17.7 Å². The van der Waals surface area contributed by atoms with Gasteiger partial charge in [-0.15, -0.1) is 11.3 Å². The molecule has 0 radical (unpaired) electrons. The largest absolute Gasteiger partial charge is 0.326 e. The second-order valence-corrected chi connectivity index (χ2v) is 9.47. The Labute approximate surface area is 162 Å². The van der Waals surface area contributed by atoms with Gasteiger partial charge in [0.2, 0.25) is 11.8 Å². The third-order valence-electron chi connectivity index (χ3n) is 4.39. The predicted molar refractivity (Wildman–Crippen MR) is 105 cm³/mol. The Morgan fingerprint density at radius 3 is 2.15 bits per heavy atom. The Kier molecular flexibility index (Phi) is 5.93. The first-order valence-electron chi connectivity index (χ1n) is 8.58. The fraction of sp³-hybridized carbons (Fsp3) is 0.333. The van der Waals surface area contributed by atoms with Crippen LogP contribution in [0.3, 0.4) is 0 Å². The van der Waals surface area contributed by atoms with E-state index < -0.39 is 10.0 Å². The van der Waals surface area contributed by atoms with E-state index >= 15 is 0 Å². The minimum Gasteiger partial charge on any atom is -0.326 e. The van der Waals surface area contributed by atoms with Crippen LogP contribution in [0.1, 0.15) is 19.8 Å². The average molecular weight is 408 g/mol. The van der Waals surface area contributed by atoms with Crippen molar-refractivity contribution < 1.29 is 18.0 Å². The van der Waals surface area contributed by atoms with Gasteiger partial charge in [-0.3, -0.25) is 9.59 Å². The van der Waals surface area contributed by atoms with E-state index in [1.54, 1.807) is 41.8 Å². The van der Waals surface area contributed by atoms with Crippen LogP contribution >= 0.6 is 11.3 Å². The van der Waals surface area contributed by atoms with Crippen molar-refractivity contribution in [3.8, 4) is 0 Å². The molecule has 1 saturated heterocycles. The number of anilines is 2. The van der Waals surface area contributed by atoms with Crippen LogP contribution in [-0.2, 0) is 19.6 Å². The zero-order chi connectivity index (χ0) is 19.4. The summed E-state index contributed by atoms with van der Waals surface area (Å²) in [6.45, 7) is 2.10. The van der Waals surface area contributed by atoms with Gasteiger partial charge >= 0.3 is 0 Å². The van der Waals surface area contributed by atoms with Gasteiger partial charge < -0.3 is 10.6 Å². The minimum atomic E-state index is -3.46. The lowest BCUT2D eigenvalue weighted by Gasteiger charge is -2.30. The quantitative estimate of drug-likeness (QED) is 0.797. The van der Waals surface area contributed by atoms with Crippen molar-refractivity contribution in [3.05, 3.63) is 41.8 Å². The summed E-state index contributed by atoms with van der Waals surface area (Å²) in [6, 6.07) is 10.2. The molecule has 1 aromatic heterocycles. The van der Waals surface area contributed by atoms with Crippen molar-refractivity contribution in [2.75, 3.05) is 23.7 Å². The van der Waals surface area contributed by atoms with Crippen LogP contribution < -0.4 is 10.6 Å². The number of hydrogen-bond acceptors (Lipinski definition) is 5. The fourth-order valence-electron chi connectivity index (χ4n) is 2.98. The summed E-state index contributed by atoms with van der Waals surface area (Å²) < 4.78 is 26.8. The normalized spacial score (nSPS) is 16.0. The molecule has 2 heterocycles. The van der Waals surface area contributed by atoms with Gasteiger partial charge in [0.05, 0.1) is 0 Å². The van der Waals surface area contributed by atoms with E-state index in [1.807, 2.05) is 0 Å². The molecular formula is C18H21N3O4S2. The highest BCUT2D eigenvalue weighted by Crippen LogP contribution is 2.27. The molecular weight excluding hydrogens is 386 g/mol. The first-order chi connectivity index (χ1) is 12.9. The summed E-state index contributed by atoms with van der Waals surface area (Å²) in [5.74, 6) is -0.499. The molecule has 2 amide bonds. The van der Waals surface area contributed by atoms with Gasteiger partial charge in [-0.25, -0.2) is 8.42 Å². The van der Waals surface area contributed by atoms with E-state index in [1.165, 1.54) is 22.6 Å². The first kappa shape index (κ1) is 19.5. The third-order valence-corrected chi connectivity index (χ3v) is 7.66. The summed E-state index contributed by atoms with van der Waals surface area (Å²) in [5, 5.41) is 7.26. The van der Waals surface area contributed by atoms with Crippen LogP contribution in [0.25, 0.3) is 0 Å². The minimum absolute atomic E-state index is 0.115. The summed E-state index contributed by atoms with van der Waals surface area (Å²) in [6.07, 6.45) is 0.973. The molecule has 3 rings (SSSR count). The number of amides is 2. The molecule has 7 nitrogen and oxygen atoms in total. The standard InChI is InChI=1S/C18H21N3O4S2/c1-13(22)19-15-4-6-16(7-5-15)20-18(23)14-8-10-21(11-9-14)27(24,25)17-3-2-12-26-17/h2-7,12,14H,8-11H2,1H3,(H,19,22)(H,20,23). The summed E-state index contributed by atoms with van der Waals surface area (Å²) >= 11 is 1.20. The highest BCUT2D eigenvalue weighted by Gasteiger charge is 2.32. The lowest BCUT2D eigenvalue weighted by Crippen LogP contribution is -2.41. The van der Waals surface area contributed by atoms with Gasteiger partial charge in [0.1, 0.15) is 4.21 Å². The molecule has 0 atom stereocenters. The van der Waals surface area contributed by atoms with Gasteiger partial charge in [0.25, 0.3) is 10.0 Å². The smallest absolute Gasteiger partial charge is 0.252 e. The molecule has 27 heavy (non-hydrogen) atoms. The van der Waals surface area contributed by atoms with Crippen molar-refractivity contribution in [2.24, 2.45) is 5.92 Å². The zero-order valence-corrected chi connectivity index (χ0v) is 16.5. The van der Waals surface area contributed by atoms with Crippen LogP contribution in [0, 0.1) is 5.92 Å². The summed E-state index contributed by atoms with van der Waals surface area (Å²) in [5.41, 5.74) is 1.30. The Bertz CT molecular complexity index is 901. The number of rotatable bonds is 5. The van der Waals surface area contributed by atoms with Crippen LogP contribution in [0.2, 0.25) is 0 Å². The van der Waals surface area contributed by atoms with Crippen LogP contribution in [0.5, 0.6) is 0 Å². The second kappa shape index (κ2) is 8.20. The summed E-state index contributed by atoms with van der Waals surface area (Å²) in [7, 11) is -3.46. The Balaban J connectivity index is 1.55. The molecule has 1 fully saturated rings. The van der Waals surface area contributed by atoms with Gasteiger partial charge in [-0.05, 0) is 48.6 Å². The van der Waals surface area contributed by atoms with E-state index in [4.69, 9.17) is 0 Å². The number of sulfonamides is 1. The number of thiophene rings is 1. The number of carbonyl (C=O) groups is 2. The second-order valence-electron chi connectivity index (χ2n) is 6.36. The van der Waals surface area contributed by atoms with Gasteiger partial charge in [-0.2, -0.15) is 4.31 Å². The maximum absolute atomic E-state index is 12.5. The van der Waals surface area contributed by atoms with E-state index in [9.17, 15) is 18.0 Å². The molecule has 2 aromatic rings. The van der Waals surface area contributed by atoms with Crippen LogP contribution in [0.4, 0.5) is 11.4 Å². The average Bonchev–Trinajstić information content (AvgIpc) is 3.18. The van der Waals surface area contributed by atoms with Crippen molar-refractivity contribution in [1.29, 1.82) is 0 Å². The van der Waals surface area contributed by atoms with E-state index in [2.05, 4.69) is 10.6 Å². The van der Waals surface area contributed by atoms with Gasteiger partial charge in [0.15, 0.2) is 0 Å². The number of piperidine rings is 1. The Morgan fingerprint density at radius 1 is 1.04 bits per heavy atom. The Morgan fingerprint density at radius 2 is 1.63 bits per heavy atom. The lowest BCUT2D eigenvalue weighted by molar-refractivity contribution is -0.121. The third kappa shape index (κ3) is 4.74. The van der Waals surface area contributed by atoms with Crippen LogP contribution in [0.15, 0.2) is 46.0 Å². The zero-order valence-electron chi connectivity index (χ0n) is 14.8. The SMILES string of the molecule is CC(=O)Nc1ccc(NC(=O)C2CCN(S(=O)(=O)c3cccs3)CC2)cc1. The van der Waals surface area contributed by atoms with E-state index in [0.29, 0.717) is 41.5 Å². The topological polar surface area (TPSA) is 95.6 Å². The van der Waals surface area contributed by atoms with Crippen molar-refractivity contribution in [1.82, 2.24) is 4.31 Å². The fourth-order valence-corrected chi connectivity index (χ4v) is 5.59. The maximum atomic E-state index is 12.5. The molecule has 0 aliphatic carbocycles. The van der Waals surface area contributed by atoms with Crippen molar-refractivity contribution in [2.45, 2.75) is 24.0 Å². The molecule has 1 aliphatic rings. The van der Waals surface area contributed by atoms with Gasteiger partial charge in [0, 0.05) is 37.3 Å². The number of nitrogens with zero attached hydrogens (tertiary/aromatic N) is 1. The summed E-state index contributed by atoms with van der Waals surface area (Å²) in [4.78, 5) is 23.5. The molecule has 0 spiro atoms. The van der Waals surface area contributed by atoms with Gasteiger partial charge in [-0.1, -0.05) is 6.07 Å². The highest BCUT2D eigenvalue weighted by atomic mass is 32.2. The number of nitrogens with one attached hydrogen (secondary N) is 2. The van der Waals surface area contributed by atoms with Crippen molar-refractivity contribution in [3.63, 3.8) is 0 Å².